The third-order valence-corrected chi connectivity index (χ3v) is 4.55. The lowest BCUT2D eigenvalue weighted by Gasteiger charge is -2.31. The molecule has 0 aromatic heterocycles. The van der Waals surface area contributed by atoms with E-state index >= 15 is 0 Å². The molecule has 3 heteroatoms. The third-order valence-electron chi connectivity index (χ3n) is 4.55. The van der Waals surface area contributed by atoms with Gasteiger partial charge in [0.25, 0.3) is 0 Å². The summed E-state index contributed by atoms with van der Waals surface area (Å²) >= 11 is 0. The Balaban J connectivity index is 1.58. The van der Waals surface area contributed by atoms with Crippen LogP contribution in [-0.4, -0.2) is 31.1 Å². The Morgan fingerprint density at radius 1 is 1.20 bits per heavy atom. The molecule has 0 bridgehead atoms. The Hall–Kier alpha value is -1.53. The number of benzene rings is 1. The molecule has 1 fully saturated rings. The normalized spacial score (nSPS) is 24.2. The topological polar surface area (TPSA) is 36.3 Å². The minimum absolute atomic E-state index is 0.282. The number of para-hydroxylation sites is 1. The fourth-order valence-electron chi connectivity index (χ4n) is 3.33. The molecule has 20 heavy (non-hydrogen) atoms. The van der Waals surface area contributed by atoms with Gasteiger partial charge in [-0.1, -0.05) is 18.2 Å². The Morgan fingerprint density at radius 2 is 2.00 bits per heavy atom. The van der Waals surface area contributed by atoms with Crippen molar-refractivity contribution in [2.24, 2.45) is 11.8 Å². The molecule has 1 unspecified atom stereocenters. The Kier molecular flexibility index (Phi) is 4.22. The number of nitriles is 1. The van der Waals surface area contributed by atoms with Gasteiger partial charge in [0, 0.05) is 12.5 Å². The fourth-order valence-corrected chi connectivity index (χ4v) is 3.33. The Morgan fingerprint density at radius 3 is 2.80 bits per heavy atom. The van der Waals surface area contributed by atoms with Crippen LogP contribution in [0.25, 0.3) is 0 Å². The van der Waals surface area contributed by atoms with Gasteiger partial charge in [0.15, 0.2) is 0 Å². The molecule has 2 heterocycles. The summed E-state index contributed by atoms with van der Waals surface area (Å²) in [4.78, 5) is 2.53. The fraction of sp³-hybridized carbons (Fsp3) is 0.588. The van der Waals surface area contributed by atoms with Gasteiger partial charge in [-0.15, -0.1) is 0 Å². The molecule has 1 saturated heterocycles. The van der Waals surface area contributed by atoms with E-state index in [0.29, 0.717) is 5.92 Å². The second-order valence-electron chi connectivity index (χ2n) is 6.02. The summed E-state index contributed by atoms with van der Waals surface area (Å²) in [5.74, 6) is 2.03. The van der Waals surface area contributed by atoms with Gasteiger partial charge in [0.1, 0.15) is 5.75 Å². The van der Waals surface area contributed by atoms with Gasteiger partial charge >= 0.3 is 0 Å². The molecule has 106 valence electrons. The molecular weight excluding hydrogens is 248 g/mol. The average Bonchev–Trinajstić information content (AvgIpc) is 2.69. The minimum atomic E-state index is 0.282. The van der Waals surface area contributed by atoms with Gasteiger partial charge in [-0.05, 0) is 56.3 Å². The molecule has 0 saturated carbocycles. The quantitative estimate of drug-likeness (QED) is 0.829. The van der Waals surface area contributed by atoms with E-state index in [1.807, 2.05) is 6.07 Å². The average molecular weight is 270 g/mol. The summed E-state index contributed by atoms with van der Waals surface area (Å²) in [6.07, 6.45) is 4.33. The van der Waals surface area contributed by atoms with Crippen LogP contribution in [0.5, 0.6) is 5.75 Å². The minimum Gasteiger partial charge on any atom is -0.493 e. The number of fused-ring (bicyclic) bond motifs is 1. The maximum absolute atomic E-state index is 8.96. The molecule has 1 aromatic carbocycles. The van der Waals surface area contributed by atoms with Crippen molar-refractivity contribution in [3.05, 3.63) is 29.8 Å². The highest BCUT2D eigenvalue weighted by Crippen LogP contribution is 2.28. The largest absolute Gasteiger partial charge is 0.493 e. The highest BCUT2D eigenvalue weighted by Gasteiger charge is 2.23. The number of piperidine rings is 1. The molecular formula is C17H22N2O. The first kappa shape index (κ1) is 13.5. The lowest BCUT2D eigenvalue weighted by molar-refractivity contribution is 0.167. The monoisotopic (exact) mass is 270 g/mol. The van der Waals surface area contributed by atoms with Crippen molar-refractivity contribution in [1.82, 2.24) is 4.90 Å². The molecule has 0 aliphatic carbocycles. The van der Waals surface area contributed by atoms with Crippen LogP contribution in [0.3, 0.4) is 0 Å². The van der Waals surface area contributed by atoms with Crippen LogP contribution in [0.1, 0.15) is 24.8 Å². The van der Waals surface area contributed by atoms with Crippen LogP contribution in [0, 0.1) is 23.2 Å². The van der Waals surface area contributed by atoms with Gasteiger partial charge in [0.2, 0.25) is 0 Å². The standard InChI is InChI=1S/C17H22N2O/c18-12-14-5-8-19(9-6-14)13-15-7-10-20-17-4-2-1-3-16(17)11-15/h1-4,14-15H,5-11,13H2. The summed E-state index contributed by atoms with van der Waals surface area (Å²) in [6, 6.07) is 10.8. The first-order valence-corrected chi connectivity index (χ1v) is 7.68. The van der Waals surface area contributed by atoms with Crippen molar-refractivity contribution in [3.8, 4) is 11.8 Å². The zero-order valence-electron chi connectivity index (χ0n) is 11.9. The van der Waals surface area contributed by atoms with E-state index < -0.39 is 0 Å². The van der Waals surface area contributed by atoms with E-state index in [1.54, 1.807) is 0 Å². The molecule has 3 rings (SSSR count). The number of hydrogen-bond donors (Lipinski definition) is 0. The summed E-state index contributed by atoms with van der Waals surface area (Å²) < 4.78 is 5.84. The van der Waals surface area contributed by atoms with Crippen molar-refractivity contribution in [2.45, 2.75) is 25.7 Å². The molecule has 0 N–H and O–H groups in total. The molecule has 1 atom stereocenters. The maximum atomic E-state index is 8.96. The summed E-state index contributed by atoms with van der Waals surface area (Å²) in [7, 11) is 0. The smallest absolute Gasteiger partial charge is 0.122 e. The van der Waals surface area contributed by atoms with Gasteiger partial charge in [-0.2, -0.15) is 5.26 Å². The van der Waals surface area contributed by atoms with Crippen LogP contribution >= 0.6 is 0 Å². The molecule has 0 spiro atoms. The highest BCUT2D eigenvalue weighted by atomic mass is 16.5. The Labute approximate surface area is 121 Å². The third kappa shape index (κ3) is 3.13. The van der Waals surface area contributed by atoms with Crippen LogP contribution in [0.2, 0.25) is 0 Å². The van der Waals surface area contributed by atoms with Crippen LogP contribution in [0.15, 0.2) is 24.3 Å². The van der Waals surface area contributed by atoms with Gasteiger partial charge < -0.3 is 9.64 Å². The summed E-state index contributed by atoms with van der Waals surface area (Å²) in [5, 5.41) is 8.96. The second kappa shape index (κ2) is 6.28. The number of ether oxygens (including phenoxy) is 1. The molecule has 2 aliphatic heterocycles. The lowest BCUT2D eigenvalue weighted by atomic mass is 9.93. The Bertz CT molecular complexity index is 486. The predicted molar refractivity (Wildman–Crippen MR) is 78.5 cm³/mol. The van der Waals surface area contributed by atoms with Gasteiger partial charge in [-0.25, -0.2) is 0 Å². The van der Waals surface area contributed by atoms with Crippen molar-refractivity contribution in [1.29, 1.82) is 5.26 Å². The first-order chi connectivity index (χ1) is 9.85. The molecule has 0 amide bonds. The van der Waals surface area contributed by atoms with Crippen molar-refractivity contribution in [3.63, 3.8) is 0 Å². The zero-order valence-corrected chi connectivity index (χ0v) is 11.9. The molecule has 2 aliphatic rings. The number of hydrogen-bond acceptors (Lipinski definition) is 3. The zero-order chi connectivity index (χ0) is 13.8. The summed E-state index contributed by atoms with van der Waals surface area (Å²) in [6.45, 7) is 4.14. The van der Waals surface area contributed by atoms with Gasteiger partial charge in [0.05, 0.1) is 12.7 Å². The van der Waals surface area contributed by atoms with Crippen molar-refractivity contribution < 1.29 is 4.74 Å². The molecule has 0 radical (unpaired) electrons. The molecule has 1 aromatic rings. The number of likely N-dealkylation sites (tertiary alicyclic amines) is 1. The van der Waals surface area contributed by atoms with Crippen LogP contribution in [0.4, 0.5) is 0 Å². The maximum Gasteiger partial charge on any atom is 0.122 e. The van der Waals surface area contributed by atoms with Crippen molar-refractivity contribution >= 4 is 0 Å². The number of rotatable bonds is 2. The van der Waals surface area contributed by atoms with Crippen LogP contribution in [-0.2, 0) is 6.42 Å². The second-order valence-corrected chi connectivity index (χ2v) is 6.02. The SMILES string of the molecule is N#CC1CCN(CC2CCOc3ccccc3C2)CC1. The predicted octanol–water partition coefficient (Wildman–Crippen LogP) is 2.86. The summed E-state index contributed by atoms with van der Waals surface area (Å²) in [5.41, 5.74) is 1.35. The molecule has 3 nitrogen and oxygen atoms in total. The van der Waals surface area contributed by atoms with E-state index in [9.17, 15) is 0 Å². The van der Waals surface area contributed by atoms with Crippen molar-refractivity contribution in [2.75, 3.05) is 26.2 Å². The first-order valence-electron chi connectivity index (χ1n) is 7.68. The number of nitrogens with zero attached hydrogens (tertiary/aromatic N) is 2. The van der Waals surface area contributed by atoms with E-state index in [0.717, 1.165) is 57.7 Å². The van der Waals surface area contributed by atoms with Crippen LogP contribution < -0.4 is 4.74 Å². The van der Waals surface area contributed by atoms with E-state index in [1.165, 1.54) is 5.56 Å². The lowest BCUT2D eigenvalue weighted by Crippen LogP contribution is -2.37. The van der Waals surface area contributed by atoms with Gasteiger partial charge in [-0.3, -0.25) is 0 Å². The van der Waals surface area contributed by atoms with E-state index in [-0.39, 0.29) is 5.92 Å². The highest BCUT2D eigenvalue weighted by molar-refractivity contribution is 5.34. The van der Waals surface area contributed by atoms with E-state index in [4.69, 9.17) is 10.00 Å². The van der Waals surface area contributed by atoms with E-state index in [2.05, 4.69) is 29.2 Å².